The molecular formula is C12H9ClO2. The number of rotatable bonds is 2. The van der Waals surface area contributed by atoms with Crippen molar-refractivity contribution in [3.63, 3.8) is 0 Å². The summed E-state index contributed by atoms with van der Waals surface area (Å²) in [5, 5.41) is 0.658. The highest BCUT2D eigenvalue weighted by molar-refractivity contribution is 6.31. The molecule has 1 aromatic heterocycles. The fourth-order valence-corrected chi connectivity index (χ4v) is 1.45. The van der Waals surface area contributed by atoms with Crippen LogP contribution in [0.25, 0.3) is 0 Å². The molecule has 0 saturated heterocycles. The number of ketones is 1. The van der Waals surface area contributed by atoms with Gasteiger partial charge in [0.25, 0.3) is 0 Å². The first kappa shape index (κ1) is 9.99. The lowest BCUT2D eigenvalue weighted by atomic mass is 10.1. The van der Waals surface area contributed by atoms with Crippen LogP contribution < -0.4 is 0 Å². The number of hydrogen-bond acceptors (Lipinski definition) is 2. The summed E-state index contributed by atoms with van der Waals surface area (Å²) >= 11 is 5.88. The maximum atomic E-state index is 11.8. The summed E-state index contributed by atoms with van der Waals surface area (Å²) in [6, 6.07) is 8.50. The zero-order valence-corrected chi connectivity index (χ0v) is 8.91. The van der Waals surface area contributed by atoms with Crippen LogP contribution in [0.5, 0.6) is 0 Å². The van der Waals surface area contributed by atoms with Gasteiger partial charge in [-0.1, -0.05) is 11.6 Å². The maximum absolute atomic E-state index is 11.8. The van der Waals surface area contributed by atoms with Crippen molar-refractivity contribution < 1.29 is 9.21 Å². The van der Waals surface area contributed by atoms with Gasteiger partial charge >= 0.3 is 0 Å². The normalized spacial score (nSPS) is 10.3. The van der Waals surface area contributed by atoms with E-state index >= 15 is 0 Å². The standard InChI is InChI=1S/C12H9ClO2/c1-8-7-9(4-5-10(8)13)12(14)11-3-2-6-15-11/h2-7H,1H3. The van der Waals surface area contributed by atoms with Gasteiger partial charge in [-0.3, -0.25) is 4.79 Å². The molecule has 0 saturated carbocycles. The van der Waals surface area contributed by atoms with Gasteiger partial charge in [0.2, 0.25) is 5.78 Å². The van der Waals surface area contributed by atoms with E-state index < -0.39 is 0 Å². The lowest BCUT2D eigenvalue weighted by Crippen LogP contribution is -1.99. The third kappa shape index (κ3) is 1.95. The Kier molecular flexibility index (Phi) is 2.60. The minimum absolute atomic E-state index is 0.125. The first-order valence-electron chi connectivity index (χ1n) is 4.53. The van der Waals surface area contributed by atoms with Gasteiger partial charge in [0.15, 0.2) is 5.76 Å². The number of benzene rings is 1. The molecule has 1 heterocycles. The van der Waals surface area contributed by atoms with Crippen LogP contribution in [0.1, 0.15) is 21.7 Å². The van der Waals surface area contributed by atoms with Crippen molar-refractivity contribution in [3.05, 3.63) is 58.5 Å². The molecule has 0 unspecified atom stereocenters. The molecule has 0 atom stereocenters. The van der Waals surface area contributed by atoms with E-state index in [1.54, 1.807) is 30.3 Å². The number of aryl methyl sites for hydroxylation is 1. The van der Waals surface area contributed by atoms with Crippen LogP contribution in [0.3, 0.4) is 0 Å². The second kappa shape index (κ2) is 3.91. The Hall–Kier alpha value is -1.54. The van der Waals surface area contributed by atoms with Crippen molar-refractivity contribution in [2.75, 3.05) is 0 Å². The summed E-state index contributed by atoms with van der Waals surface area (Å²) in [5.74, 6) is 0.219. The second-order valence-electron chi connectivity index (χ2n) is 3.27. The first-order chi connectivity index (χ1) is 7.18. The van der Waals surface area contributed by atoms with E-state index in [0.717, 1.165) is 5.56 Å². The largest absolute Gasteiger partial charge is 0.461 e. The fourth-order valence-electron chi connectivity index (χ4n) is 1.34. The maximum Gasteiger partial charge on any atom is 0.228 e. The van der Waals surface area contributed by atoms with Crippen LogP contribution >= 0.6 is 11.6 Å². The lowest BCUT2D eigenvalue weighted by Gasteiger charge is -2.01. The molecule has 0 fully saturated rings. The minimum Gasteiger partial charge on any atom is -0.461 e. The monoisotopic (exact) mass is 220 g/mol. The van der Waals surface area contributed by atoms with Crippen LogP contribution in [0.15, 0.2) is 41.0 Å². The molecule has 0 aliphatic heterocycles. The predicted molar refractivity (Wildman–Crippen MR) is 58.3 cm³/mol. The van der Waals surface area contributed by atoms with Gasteiger partial charge in [-0.25, -0.2) is 0 Å². The Bertz CT molecular complexity index is 486. The third-order valence-electron chi connectivity index (χ3n) is 2.17. The fraction of sp³-hybridized carbons (Fsp3) is 0.0833. The zero-order chi connectivity index (χ0) is 10.8. The van der Waals surface area contributed by atoms with Crippen molar-refractivity contribution in [1.29, 1.82) is 0 Å². The molecule has 0 aliphatic rings. The molecule has 3 heteroatoms. The minimum atomic E-state index is -0.125. The predicted octanol–water partition coefficient (Wildman–Crippen LogP) is 3.47. The number of carbonyl (C=O) groups excluding carboxylic acids is 1. The Morgan fingerprint density at radius 3 is 2.73 bits per heavy atom. The molecule has 0 radical (unpaired) electrons. The second-order valence-corrected chi connectivity index (χ2v) is 3.68. The molecular weight excluding hydrogens is 212 g/mol. The molecule has 2 nitrogen and oxygen atoms in total. The highest BCUT2D eigenvalue weighted by Gasteiger charge is 2.12. The topological polar surface area (TPSA) is 30.2 Å². The summed E-state index contributed by atoms with van der Waals surface area (Å²) in [6.07, 6.45) is 1.48. The van der Waals surface area contributed by atoms with Crippen molar-refractivity contribution in [3.8, 4) is 0 Å². The smallest absolute Gasteiger partial charge is 0.228 e. The van der Waals surface area contributed by atoms with Gasteiger partial charge in [-0.15, -0.1) is 0 Å². The van der Waals surface area contributed by atoms with Crippen LogP contribution in [-0.2, 0) is 0 Å². The molecule has 2 rings (SSSR count). The van der Waals surface area contributed by atoms with Crippen LogP contribution in [0, 0.1) is 6.92 Å². The molecule has 0 aliphatic carbocycles. The Balaban J connectivity index is 2.39. The number of halogens is 1. The molecule has 1 aromatic carbocycles. The van der Waals surface area contributed by atoms with E-state index in [4.69, 9.17) is 16.0 Å². The Morgan fingerprint density at radius 2 is 2.13 bits per heavy atom. The SMILES string of the molecule is Cc1cc(C(=O)c2ccco2)ccc1Cl. The van der Waals surface area contributed by atoms with E-state index in [1.807, 2.05) is 6.92 Å². The highest BCUT2D eigenvalue weighted by atomic mass is 35.5. The van der Waals surface area contributed by atoms with Crippen molar-refractivity contribution >= 4 is 17.4 Å². The first-order valence-corrected chi connectivity index (χ1v) is 4.90. The van der Waals surface area contributed by atoms with Gasteiger partial charge in [0, 0.05) is 10.6 Å². The molecule has 2 aromatic rings. The van der Waals surface area contributed by atoms with Crippen molar-refractivity contribution in [2.24, 2.45) is 0 Å². The van der Waals surface area contributed by atoms with Gasteiger partial charge < -0.3 is 4.42 Å². The van der Waals surface area contributed by atoms with Crippen molar-refractivity contribution in [1.82, 2.24) is 0 Å². The van der Waals surface area contributed by atoms with Crippen LogP contribution in [-0.4, -0.2) is 5.78 Å². The average Bonchev–Trinajstić information content (AvgIpc) is 2.74. The summed E-state index contributed by atoms with van der Waals surface area (Å²) < 4.78 is 5.04. The number of carbonyl (C=O) groups is 1. The molecule has 0 N–H and O–H groups in total. The zero-order valence-electron chi connectivity index (χ0n) is 8.16. The lowest BCUT2D eigenvalue weighted by molar-refractivity contribution is 0.101. The highest BCUT2D eigenvalue weighted by Crippen LogP contribution is 2.18. The molecule has 0 bridgehead atoms. The molecule has 76 valence electrons. The summed E-state index contributed by atoms with van der Waals surface area (Å²) in [7, 11) is 0. The quantitative estimate of drug-likeness (QED) is 0.726. The molecule has 0 amide bonds. The third-order valence-corrected chi connectivity index (χ3v) is 2.59. The van der Waals surface area contributed by atoms with E-state index in [1.165, 1.54) is 6.26 Å². The van der Waals surface area contributed by atoms with Gasteiger partial charge in [0.05, 0.1) is 6.26 Å². The molecule has 0 spiro atoms. The average molecular weight is 221 g/mol. The van der Waals surface area contributed by atoms with Crippen molar-refractivity contribution in [2.45, 2.75) is 6.92 Å². The van der Waals surface area contributed by atoms with E-state index in [9.17, 15) is 4.79 Å². The van der Waals surface area contributed by atoms with Gasteiger partial charge in [0.1, 0.15) is 0 Å². The van der Waals surface area contributed by atoms with Crippen LogP contribution in [0.4, 0.5) is 0 Å². The van der Waals surface area contributed by atoms with E-state index in [0.29, 0.717) is 16.3 Å². The van der Waals surface area contributed by atoms with E-state index in [-0.39, 0.29) is 5.78 Å². The Morgan fingerprint density at radius 1 is 1.33 bits per heavy atom. The molecule has 15 heavy (non-hydrogen) atoms. The summed E-state index contributed by atoms with van der Waals surface area (Å²) in [5.41, 5.74) is 1.47. The summed E-state index contributed by atoms with van der Waals surface area (Å²) in [6.45, 7) is 1.86. The van der Waals surface area contributed by atoms with Gasteiger partial charge in [-0.2, -0.15) is 0 Å². The Labute approximate surface area is 92.5 Å². The van der Waals surface area contributed by atoms with Gasteiger partial charge in [-0.05, 0) is 42.8 Å². The number of hydrogen-bond donors (Lipinski definition) is 0. The number of furan rings is 1. The summed E-state index contributed by atoms with van der Waals surface area (Å²) in [4.78, 5) is 11.8. The van der Waals surface area contributed by atoms with Crippen LogP contribution in [0.2, 0.25) is 5.02 Å². The van der Waals surface area contributed by atoms with E-state index in [2.05, 4.69) is 0 Å².